The van der Waals surface area contributed by atoms with Crippen LogP contribution in [0.1, 0.15) is 18.0 Å². The quantitative estimate of drug-likeness (QED) is 0.787. The van der Waals surface area contributed by atoms with Crippen LogP contribution in [0.25, 0.3) is 11.0 Å². The van der Waals surface area contributed by atoms with Gasteiger partial charge in [0.2, 0.25) is 0 Å². The van der Waals surface area contributed by atoms with Crippen molar-refractivity contribution >= 4 is 11.0 Å². The number of ether oxygens (including phenoxy) is 1. The molecule has 0 saturated carbocycles. The lowest BCUT2D eigenvalue weighted by molar-refractivity contribution is 0.342. The van der Waals surface area contributed by atoms with Gasteiger partial charge in [-0.15, -0.1) is 0 Å². The Morgan fingerprint density at radius 2 is 2.35 bits per heavy atom. The molecule has 0 spiro atoms. The van der Waals surface area contributed by atoms with E-state index in [0.717, 1.165) is 48.5 Å². The van der Waals surface area contributed by atoms with Crippen LogP contribution in [0.2, 0.25) is 0 Å². The number of hydrogen-bond donors (Lipinski definition) is 1. The van der Waals surface area contributed by atoms with E-state index in [1.54, 1.807) is 7.11 Å². The highest BCUT2D eigenvalue weighted by Crippen LogP contribution is 2.24. The fourth-order valence-corrected chi connectivity index (χ4v) is 3.29. The average molecular weight is 311 g/mol. The molecule has 5 heteroatoms. The van der Waals surface area contributed by atoms with Crippen LogP contribution >= 0.6 is 0 Å². The Kier molecular flexibility index (Phi) is 3.79. The third kappa shape index (κ3) is 2.97. The minimum absolute atomic E-state index is 0.654. The number of fused-ring (bicyclic) bond motifs is 2. The van der Waals surface area contributed by atoms with Crippen LogP contribution in [0, 0.1) is 5.92 Å². The molecule has 120 valence electrons. The van der Waals surface area contributed by atoms with Crippen molar-refractivity contribution in [1.29, 1.82) is 0 Å². The minimum atomic E-state index is 0.654. The Morgan fingerprint density at radius 1 is 1.39 bits per heavy atom. The Hall–Kier alpha value is -2.27. The molecule has 1 atom stereocenters. The number of nitrogens with one attached hydrogen (secondary N) is 1. The first-order valence-electron chi connectivity index (χ1n) is 8.09. The number of benzene rings is 1. The summed E-state index contributed by atoms with van der Waals surface area (Å²) in [5.41, 5.74) is 0.906. The first-order chi connectivity index (χ1) is 11.3. The fourth-order valence-electron chi connectivity index (χ4n) is 3.29. The van der Waals surface area contributed by atoms with Gasteiger partial charge in [-0.1, -0.05) is 0 Å². The highest BCUT2D eigenvalue weighted by atomic mass is 16.5. The van der Waals surface area contributed by atoms with Crippen molar-refractivity contribution in [2.45, 2.75) is 25.9 Å². The minimum Gasteiger partial charge on any atom is -0.497 e. The maximum absolute atomic E-state index is 5.87. The molecule has 23 heavy (non-hydrogen) atoms. The van der Waals surface area contributed by atoms with Gasteiger partial charge in [0.1, 0.15) is 22.9 Å². The topological polar surface area (TPSA) is 52.2 Å². The number of aromatic nitrogens is 2. The summed E-state index contributed by atoms with van der Waals surface area (Å²) >= 11 is 0. The van der Waals surface area contributed by atoms with E-state index in [-0.39, 0.29) is 0 Å². The molecule has 3 heterocycles. The van der Waals surface area contributed by atoms with Gasteiger partial charge in [-0.2, -0.15) is 0 Å². The summed E-state index contributed by atoms with van der Waals surface area (Å²) in [6, 6.07) is 7.97. The van der Waals surface area contributed by atoms with Crippen molar-refractivity contribution in [3.05, 3.63) is 48.2 Å². The van der Waals surface area contributed by atoms with Crippen molar-refractivity contribution in [2.75, 3.05) is 13.7 Å². The van der Waals surface area contributed by atoms with E-state index in [1.807, 2.05) is 24.4 Å². The van der Waals surface area contributed by atoms with E-state index in [2.05, 4.69) is 27.1 Å². The van der Waals surface area contributed by atoms with Crippen LogP contribution in [0.15, 0.2) is 41.1 Å². The summed E-state index contributed by atoms with van der Waals surface area (Å²) in [6.07, 6.45) is 6.24. The summed E-state index contributed by atoms with van der Waals surface area (Å²) in [7, 11) is 1.68. The molecule has 4 rings (SSSR count). The van der Waals surface area contributed by atoms with Gasteiger partial charge in [0.25, 0.3) is 0 Å². The molecule has 0 saturated heterocycles. The summed E-state index contributed by atoms with van der Waals surface area (Å²) in [6.45, 7) is 2.81. The number of imidazole rings is 1. The van der Waals surface area contributed by atoms with E-state index in [0.29, 0.717) is 5.92 Å². The lowest BCUT2D eigenvalue weighted by atomic mass is 9.99. The Balaban J connectivity index is 1.34. The summed E-state index contributed by atoms with van der Waals surface area (Å²) in [5.74, 6) is 3.69. The van der Waals surface area contributed by atoms with Crippen LogP contribution < -0.4 is 10.1 Å². The Morgan fingerprint density at radius 3 is 3.26 bits per heavy atom. The monoisotopic (exact) mass is 311 g/mol. The number of hydrogen-bond acceptors (Lipinski definition) is 4. The largest absolute Gasteiger partial charge is 0.497 e. The first kappa shape index (κ1) is 14.3. The zero-order valence-corrected chi connectivity index (χ0v) is 13.3. The number of rotatable bonds is 5. The van der Waals surface area contributed by atoms with Crippen molar-refractivity contribution in [3.63, 3.8) is 0 Å². The van der Waals surface area contributed by atoms with Gasteiger partial charge in [-0.05, 0) is 36.6 Å². The number of aryl methyl sites for hydroxylation is 1. The van der Waals surface area contributed by atoms with E-state index in [9.17, 15) is 0 Å². The smallest absolute Gasteiger partial charge is 0.134 e. The second kappa shape index (κ2) is 6.08. The molecule has 1 aliphatic rings. The molecule has 3 aromatic rings. The highest BCUT2D eigenvalue weighted by Gasteiger charge is 2.18. The van der Waals surface area contributed by atoms with Gasteiger partial charge in [-0.3, -0.25) is 0 Å². The van der Waals surface area contributed by atoms with Crippen molar-refractivity contribution in [2.24, 2.45) is 5.92 Å². The zero-order valence-electron chi connectivity index (χ0n) is 13.3. The molecule has 0 aliphatic carbocycles. The Labute approximate surface area is 135 Å². The molecule has 2 aromatic heterocycles. The van der Waals surface area contributed by atoms with Crippen LogP contribution in [-0.4, -0.2) is 23.2 Å². The van der Waals surface area contributed by atoms with E-state index >= 15 is 0 Å². The normalized spacial score (nSPS) is 17.3. The van der Waals surface area contributed by atoms with Crippen molar-refractivity contribution in [3.8, 4) is 5.75 Å². The molecule has 1 aliphatic heterocycles. The number of nitrogens with zero attached hydrogens (tertiary/aromatic N) is 2. The van der Waals surface area contributed by atoms with E-state index < -0.39 is 0 Å². The predicted molar refractivity (Wildman–Crippen MR) is 88.5 cm³/mol. The molecule has 1 N–H and O–H groups in total. The molecule has 5 nitrogen and oxygen atoms in total. The van der Waals surface area contributed by atoms with Crippen molar-refractivity contribution < 1.29 is 9.15 Å². The van der Waals surface area contributed by atoms with Gasteiger partial charge in [0.05, 0.1) is 13.7 Å². The van der Waals surface area contributed by atoms with Gasteiger partial charge < -0.3 is 19.0 Å². The van der Waals surface area contributed by atoms with E-state index in [1.165, 1.54) is 12.2 Å². The van der Waals surface area contributed by atoms with Crippen LogP contribution in [0.4, 0.5) is 0 Å². The molecule has 0 bridgehead atoms. The second-order valence-corrected chi connectivity index (χ2v) is 6.15. The Bertz CT molecular complexity index is 806. The third-order valence-corrected chi connectivity index (χ3v) is 4.54. The molecule has 0 amide bonds. The van der Waals surface area contributed by atoms with Crippen LogP contribution in [0.5, 0.6) is 5.75 Å². The molecular formula is C18H21N3O2. The second-order valence-electron chi connectivity index (χ2n) is 6.15. The zero-order chi connectivity index (χ0) is 15.6. The number of furan rings is 1. The molecular weight excluding hydrogens is 290 g/mol. The van der Waals surface area contributed by atoms with Crippen molar-refractivity contribution in [1.82, 2.24) is 14.9 Å². The fraction of sp³-hybridized carbons (Fsp3) is 0.389. The van der Waals surface area contributed by atoms with Crippen LogP contribution in [0.3, 0.4) is 0 Å². The van der Waals surface area contributed by atoms with Gasteiger partial charge >= 0.3 is 0 Å². The van der Waals surface area contributed by atoms with Gasteiger partial charge in [0.15, 0.2) is 0 Å². The average Bonchev–Trinajstić information content (AvgIpc) is 3.19. The predicted octanol–water partition coefficient (Wildman–Crippen LogP) is 2.99. The first-order valence-corrected chi connectivity index (χ1v) is 8.09. The number of methoxy groups -OCH3 is 1. The van der Waals surface area contributed by atoms with Gasteiger partial charge in [0, 0.05) is 37.3 Å². The lowest BCUT2D eigenvalue weighted by Crippen LogP contribution is -2.29. The summed E-state index contributed by atoms with van der Waals surface area (Å²) in [5, 5.41) is 4.61. The molecule has 1 aromatic carbocycles. The third-order valence-electron chi connectivity index (χ3n) is 4.54. The maximum Gasteiger partial charge on any atom is 0.134 e. The maximum atomic E-state index is 5.87. The molecule has 0 unspecified atom stereocenters. The molecule has 0 radical (unpaired) electrons. The van der Waals surface area contributed by atoms with E-state index in [4.69, 9.17) is 9.15 Å². The lowest BCUT2D eigenvalue weighted by Gasteiger charge is -2.23. The SMILES string of the molecule is COc1ccc2oc(CNC[C@@H]3CCc4nccn4C3)cc2c1. The molecule has 0 fully saturated rings. The summed E-state index contributed by atoms with van der Waals surface area (Å²) in [4.78, 5) is 4.37. The highest BCUT2D eigenvalue weighted by molar-refractivity contribution is 5.79. The summed E-state index contributed by atoms with van der Waals surface area (Å²) < 4.78 is 13.4. The standard InChI is InChI=1S/C18H21N3O2/c1-22-15-3-4-17-14(8-15)9-16(23-17)11-19-10-13-2-5-18-20-6-7-21(18)12-13/h3-4,6-9,13,19H,2,5,10-12H2,1H3/t13-/m0/s1. The van der Waals surface area contributed by atoms with Gasteiger partial charge in [-0.25, -0.2) is 4.98 Å². The van der Waals surface area contributed by atoms with Crippen LogP contribution in [-0.2, 0) is 19.5 Å².